The van der Waals surface area contributed by atoms with Gasteiger partial charge in [-0.3, -0.25) is 0 Å². The summed E-state index contributed by atoms with van der Waals surface area (Å²) in [7, 11) is 0. The Morgan fingerprint density at radius 3 is 1.16 bits per heavy atom. The first-order valence-electron chi connectivity index (χ1n) is 19.0. The number of rotatable bonds is 5. The zero-order chi connectivity index (χ0) is 36.7. The average molecular weight is 749 g/mol. The van der Waals surface area contributed by atoms with Gasteiger partial charge in [-0.25, -0.2) is 0 Å². The number of hydrogen-bond acceptors (Lipinski definition) is 2. The van der Waals surface area contributed by atoms with Crippen LogP contribution in [0.25, 0.3) is 107 Å². The Morgan fingerprint density at radius 2 is 0.696 bits per heavy atom. The van der Waals surface area contributed by atoms with Crippen molar-refractivity contribution in [3.05, 3.63) is 194 Å². The molecule has 0 bridgehead atoms. The SMILES string of the molecule is c1ccc(-c2cc3ccc(-c4ccc5cc(-c6ccccc6)n(-c6ccc7sc8ccccc8c7c6)c5c4)cc3n2-c2ccc3sc4ccccc4c3c2)cc1. The quantitative estimate of drug-likeness (QED) is 0.166. The Morgan fingerprint density at radius 1 is 0.286 bits per heavy atom. The van der Waals surface area contributed by atoms with Crippen LogP contribution in [0.1, 0.15) is 0 Å². The van der Waals surface area contributed by atoms with Gasteiger partial charge < -0.3 is 9.13 Å². The minimum Gasteiger partial charge on any atom is -0.309 e. The van der Waals surface area contributed by atoms with Crippen LogP contribution in [0.3, 0.4) is 0 Å². The third kappa shape index (κ3) is 4.93. The zero-order valence-electron chi connectivity index (χ0n) is 30.2. The zero-order valence-corrected chi connectivity index (χ0v) is 31.8. The van der Waals surface area contributed by atoms with Crippen molar-refractivity contribution >= 4 is 84.8 Å². The molecule has 0 aliphatic rings. The molecule has 0 amide bonds. The lowest BCUT2D eigenvalue weighted by Crippen LogP contribution is -1.97. The fourth-order valence-electron chi connectivity index (χ4n) is 8.67. The van der Waals surface area contributed by atoms with Crippen molar-refractivity contribution in [2.45, 2.75) is 0 Å². The molecule has 4 aromatic heterocycles. The van der Waals surface area contributed by atoms with Gasteiger partial charge in [0.15, 0.2) is 0 Å². The van der Waals surface area contributed by atoms with Crippen LogP contribution in [0.15, 0.2) is 194 Å². The fraction of sp³-hybridized carbons (Fsp3) is 0. The molecule has 0 atom stereocenters. The lowest BCUT2D eigenvalue weighted by Gasteiger charge is -2.14. The van der Waals surface area contributed by atoms with Crippen molar-refractivity contribution in [3.63, 3.8) is 0 Å². The van der Waals surface area contributed by atoms with Gasteiger partial charge >= 0.3 is 0 Å². The van der Waals surface area contributed by atoms with Crippen molar-refractivity contribution < 1.29 is 0 Å². The summed E-state index contributed by atoms with van der Waals surface area (Å²) in [5.74, 6) is 0. The summed E-state index contributed by atoms with van der Waals surface area (Å²) in [6, 6.07) is 71.6. The summed E-state index contributed by atoms with van der Waals surface area (Å²) < 4.78 is 10.2. The highest BCUT2D eigenvalue weighted by Crippen LogP contribution is 2.41. The summed E-state index contributed by atoms with van der Waals surface area (Å²) in [6.07, 6.45) is 0. The van der Waals surface area contributed by atoms with E-state index < -0.39 is 0 Å². The molecule has 0 aliphatic carbocycles. The van der Waals surface area contributed by atoms with E-state index in [1.807, 2.05) is 22.7 Å². The summed E-state index contributed by atoms with van der Waals surface area (Å²) in [5.41, 5.74) is 11.9. The molecule has 0 spiro atoms. The van der Waals surface area contributed by atoms with Crippen LogP contribution in [-0.2, 0) is 0 Å². The number of benzene rings is 8. The molecule has 0 unspecified atom stereocenters. The molecule has 12 rings (SSSR count). The van der Waals surface area contributed by atoms with Gasteiger partial charge in [0.2, 0.25) is 0 Å². The Hall–Kier alpha value is -6.72. The average Bonchev–Trinajstić information content (AvgIpc) is 4.03. The van der Waals surface area contributed by atoms with Crippen LogP contribution in [0.4, 0.5) is 0 Å². The fourth-order valence-corrected chi connectivity index (χ4v) is 10.8. The van der Waals surface area contributed by atoms with Gasteiger partial charge in [0.25, 0.3) is 0 Å². The van der Waals surface area contributed by atoms with Crippen LogP contribution >= 0.6 is 22.7 Å². The standard InChI is InChI=1S/C52H32N2S2/c1-3-11-33(12-4-1)45-29-37-21-19-35(27-47(37)53(45)39-23-25-51-43(31-39)41-15-7-9-17-49(41)55-51)36-20-22-38-30-46(34-13-5-2-6-14-34)54(48(38)28-36)40-24-26-52-44(32-40)42-16-8-10-18-50(42)56-52/h1-32H. The molecular weight excluding hydrogens is 717 g/mol. The van der Waals surface area contributed by atoms with Crippen LogP contribution < -0.4 is 0 Å². The molecule has 0 saturated heterocycles. The molecular formula is C52H32N2S2. The maximum absolute atomic E-state index is 2.45. The second-order valence-corrected chi connectivity index (χ2v) is 16.7. The molecule has 0 saturated carbocycles. The van der Waals surface area contributed by atoms with E-state index >= 15 is 0 Å². The number of aromatic nitrogens is 2. The van der Waals surface area contributed by atoms with E-state index in [-0.39, 0.29) is 0 Å². The Balaban J connectivity index is 1.07. The molecule has 12 aromatic rings. The highest BCUT2D eigenvalue weighted by atomic mass is 32.1. The minimum absolute atomic E-state index is 1.17. The van der Waals surface area contributed by atoms with Crippen LogP contribution in [0.2, 0.25) is 0 Å². The number of fused-ring (bicyclic) bond motifs is 8. The van der Waals surface area contributed by atoms with Crippen molar-refractivity contribution in [2.75, 3.05) is 0 Å². The number of nitrogens with zero attached hydrogens (tertiary/aromatic N) is 2. The topological polar surface area (TPSA) is 9.86 Å². The number of hydrogen-bond donors (Lipinski definition) is 0. The first-order valence-corrected chi connectivity index (χ1v) is 20.6. The predicted octanol–water partition coefficient (Wildman–Crippen LogP) is 15.3. The van der Waals surface area contributed by atoms with Crippen molar-refractivity contribution in [3.8, 4) is 45.0 Å². The maximum Gasteiger partial charge on any atom is 0.0541 e. The summed E-state index contributed by atoms with van der Waals surface area (Å²) in [5, 5.41) is 7.66. The third-order valence-corrected chi connectivity index (χ3v) is 13.6. The van der Waals surface area contributed by atoms with Gasteiger partial charge in [-0.15, -0.1) is 22.7 Å². The highest BCUT2D eigenvalue weighted by Gasteiger charge is 2.18. The smallest absolute Gasteiger partial charge is 0.0541 e. The lowest BCUT2D eigenvalue weighted by atomic mass is 10.0. The number of thiophene rings is 2. The van der Waals surface area contributed by atoms with E-state index in [0.717, 1.165) is 0 Å². The molecule has 4 heterocycles. The van der Waals surface area contributed by atoms with Gasteiger partial charge in [-0.1, -0.05) is 121 Å². The van der Waals surface area contributed by atoms with E-state index in [0.29, 0.717) is 0 Å². The van der Waals surface area contributed by atoms with Crippen LogP contribution in [-0.4, -0.2) is 9.13 Å². The van der Waals surface area contributed by atoms with E-state index in [2.05, 4.69) is 203 Å². The minimum atomic E-state index is 1.17. The highest BCUT2D eigenvalue weighted by molar-refractivity contribution is 7.26. The predicted molar refractivity (Wildman–Crippen MR) is 242 cm³/mol. The van der Waals surface area contributed by atoms with Crippen molar-refractivity contribution in [1.29, 1.82) is 0 Å². The second-order valence-electron chi connectivity index (χ2n) is 14.6. The maximum atomic E-state index is 2.45. The monoisotopic (exact) mass is 748 g/mol. The molecule has 4 heteroatoms. The van der Waals surface area contributed by atoms with Gasteiger partial charge in [-0.05, 0) is 95.1 Å². The second kappa shape index (κ2) is 12.4. The Bertz CT molecular complexity index is 3240. The molecule has 0 fully saturated rings. The molecule has 0 N–H and O–H groups in total. The molecule has 8 aromatic carbocycles. The van der Waals surface area contributed by atoms with E-state index in [1.165, 1.54) is 107 Å². The Labute approximate surface area is 331 Å². The van der Waals surface area contributed by atoms with Crippen LogP contribution in [0.5, 0.6) is 0 Å². The first kappa shape index (κ1) is 31.6. The first-order chi connectivity index (χ1) is 27.7. The van der Waals surface area contributed by atoms with Gasteiger partial charge in [0.1, 0.15) is 0 Å². The van der Waals surface area contributed by atoms with Gasteiger partial charge in [-0.2, -0.15) is 0 Å². The van der Waals surface area contributed by atoms with E-state index in [1.54, 1.807) is 0 Å². The largest absolute Gasteiger partial charge is 0.309 e. The van der Waals surface area contributed by atoms with Crippen molar-refractivity contribution in [1.82, 2.24) is 9.13 Å². The van der Waals surface area contributed by atoms with Crippen molar-refractivity contribution in [2.24, 2.45) is 0 Å². The molecule has 2 nitrogen and oxygen atoms in total. The Kier molecular flexibility index (Phi) is 7.00. The molecule has 56 heavy (non-hydrogen) atoms. The summed E-state index contributed by atoms with van der Waals surface area (Å²) in [6.45, 7) is 0. The molecule has 0 radical (unpaired) electrons. The van der Waals surface area contributed by atoms with Crippen LogP contribution in [0, 0.1) is 0 Å². The van der Waals surface area contributed by atoms with E-state index in [9.17, 15) is 0 Å². The summed E-state index contributed by atoms with van der Waals surface area (Å²) >= 11 is 3.73. The molecule has 0 aliphatic heterocycles. The molecule has 262 valence electrons. The van der Waals surface area contributed by atoms with Gasteiger partial charge in [0.05, 0.1) is 22.4 Å². The lowest BCUT2D eigenvalue weighted by molar-refractivity contribution is 1.14. The third-order valence-electron chi connectivity index (χ3n) is 11.3. The van der Waals surface area contributed by atoms with E-state index in [4.69, 9.17) is 0 Å². The summed E-state index contributed by atoms with van der Waals surface area (Å²) in [4.78, 5) is 0. The van der Waals surface area contributed by atoms with Gasteiger partial charge in [0, 0.05) is 62.5 Å². The normalized spacial score (nSPS) is 11.9.